The van der Waals surface area contributed by atoms with Crippen LogP contribution in [0.5, 0.6) is 5.75 Å². The molecule has 3 fully saturated rings. The van der Waals surface area contributed by atoms with Crippen LogP contribution in [0.4, 0.5) is 4.39 Å². The predicted molar refractivity (Wildman–Crippen MR) is 113 cm³/mol. The number of hydrogen-bond donors (Lipinski definition) is 0. The summed E-state index contributed by atoms with van der Waals surface area (Å²) in [5.74, 6) is -1.09. The molecule has 7 rings (SSSR count). The molecule has 2 amide bonds. The number of carbonyl (C=O) groups is 3. The van der Waals surface area contributed by atoms with E-state index < -0.39 is 17.8 Å². The Morgan fingerprint density at radius 1 is 0.938 bits per heavy atom. The molecule has 0 aromatic heterocycles. The highest BCUT2D eigenvalue weighted by Crippen LogP contribution is 2.65. The third-order valence-electron chi connectivity index (χ3n) is 7.58. The lowest BCUT2D eigenvalue weighted by atomic mass is 9.63. The second-order valence-electron chi connectivity index (χ2n) is 9.28. The fraction of sp³-hybridized carbons (Fsp3) is 0.346. The largest absolute Gasteiger partial charge is 0.425 e. The first-order chi connectivity index (χ1) is 15.5. The molecule has 5 aliphatic rings. The molecule has 2 aromatic carbocycles. The van der Waals surface area contributed by atoms with Crippen LogP contribution in [0.15, 0.2) is 66.7 Å². The minimum atomic E-state index is -1.07. The summed E-state index contributed by atoms with van der Waals surface area (Å²) in [6.45, 7) is 0. The van der Waals surface area contributed by atoms with Crippen molar-refractivity contribution in [3.8, 4) is 5.75 Å². The highest BCUT2D eigenvalue weighted by molar-refractivity contribution is 6.09. The molecule has 2 aromatic rings. The molecule has 2 saturated carbocycles. The summed E-state index contributed by atoms with van der Waals surface area (Å²) < 4.78 is 18.8. The number of nitrogens with zero attached hydrogens (tertiary/aromatic N) is 1. The number of likely N-dealkylation sites (tertiary alicyclic amines) is 1. The first-order valence-electron chi connectivity index (χ1n) is 11.1. The van der Waals surface area contributed by atoms with Gasteiger partial charge in [-0.2, -0.15) is 0 Å². The third kappa shape index (κ3) is 2.93. The van der Waals surface area contributed by atoms with E-state index in [9.17, 15) is 18.8 Å². The molecule has 7 atom stereocenters. The van der Waals surface area contributed by atoms with E-state index in [0.29, 0.717) is 11.8 Å². The zero-order valence-electron chi connectivity index (χ0n) is 17.3. The Bertz CT molecular complexity index is 1090. The SMILES string of the molecule is O=C(Oc1ccc(F)cc1)[C@H](Cc1ccccc1)N1C(=O)[C@@H]2[C@H]3C=C[C@@H]([C@@H]4C[C@@H]34)[C@H]2C1=O. The number of hydrogen-bond acceptors (Lipinski definition) is 4. The molecule has 0 unspecified atom stereocenters. The molecule has 1 heterocycles. The van der Waals surface area contributed by atoms with Gasteiger partial charge in [-0.15, -0.1) is 0 Å². The Hall–Kier alpha value is -3.28. The zero-order chi connectivity index (χ0) is 22.0. The van der Waals surface area contributed by atoms with Gasteiger partial charge < -0.3 is 4.74 Å². The van der Waals surface area contributed by atoms with Gasteiger partial charge >= 0.3 is 5.97 Å². The number of rotatable bonds is 5. The van der Waals surface area contributed by atoms with Crippen LogP contribution in [-0.2, 0) is 20.8 Å². The van der Waals surface area contributed by atoms with Crippen molar-refractivity contribution >= 4 is 17.8 Å². The fourth-order valence-corrected chi connectivity index (χ4v) is 6.09. The van der Waals surface area contributed by atoms with E-state index >= 15 is 0 Å². The Morgan fingerprint density at radius 2 is 1.53 bits per heavy atom. The summed E-state index contributed by atoms with van der Waals surface area (Å²) in [4.78, 5) is 41.5. The van der Waals surface area contributed by atoms with Gasteiger partial charge in [0.25, 0.3) is 0 Å². The molecule has 32 heavy (non-hydrogen) atoms. The zero-order valence-corrected chi connectivity index (χ0v) is 17.3. The van der Waals surface area contributed by atoms with E-state index in [1.165, 1.54) is 29.2 Å². The van der Waals surface area contributed by atoms with Crippen molar-refractivity contribution in [3.05, 3.63) is 78.1 Å². The van der Waals surface area contributed by atoms with Gasteiger partial charge in [-0.25, -0.2) is 9.18 Å². The fourth-order valence-electron chi connectivity index (χ4n) is 6.09. The van der Waals surface area contributed by atoms with Crippen molar-refractivity contribution in [2.45, 2.75) is 18.9 Å². The van der Waals surface area contributed by atoms with Gasteiger partial charge in [0.2, 0.25) is 11.8 Å². The maximum absolute atomic E-state index is 13.6. The van der Waals surface area contributed by atoms with Crippen molar-refractivity contribution < 1.29 is 23.5 Å². The van der Waals surface area contributed by atoms with Gasteiger partial charge in [-0.05, 0) is 59.9 Å². The quantitative estimate of drug-likeness (QED) is 0.315. The smallest absolute Gasteiger partial charge is 0.335 e. The number of halogens is 1. The van der Waals surface area contributed by atoms with Crippen molar-refractivity contribution in [2.24, 2.45) is 35.5 Å². The van der Waals surface area contributed by atoms with Crippen LogP contribution in [-0.4, -0.2) is 28.7 Å². The van der Waals surface area contributed by atoms with Crippen LogP contribution in [0.1, 0.15) is 12.0 Å². The lowest BCUT2D eigenvalue weighted by molar-refractivity contribution is -0.153. The van der Waals surface area contributed by atoms with Gasteiger partial charge in [0.05, 0.1) is 11.8 Å². The molecule has 0 radical (unpaired) electrons. The molecule has 4 aliphatic carbocycles. The van der Waals surface area contributed by atoms with Crippen LogP contribution in [0, 0.1) is 41.3 Å². The summed E-state index contributed by atoms with van der Waals surface area (Å²) in [7, 11) is 0. The molecule has 0 N–H and O–H groups in total. The molecule has 1 aliphatic heterocycles. The van der Waals surface area contributed by atoms with Gasteiger partial charge in [-0.1, -0.05) is 42.5 Å². The van der Waals surface area contributed by atoms with E-state index in [0.717, 1.165) is 12.0 Å². The molecule has 1 saturated heterocycles. The number of allylic oxidation sites excluding steroid dienone is 2. The number of imide groups is 1. The highest BCUT2D eigenvalue weighted by atomic mass is 19.1. The molecule has 162 valence electrons. The third-order valence-corrected chi connectivity index (χ3v) is 7.58. The van der Waals surface area contributed by atoms with Crippen molar-refractivity contribution in [1.29, 1.82) is 0 Å². The average molecular weight is 431 g/mol. The summed E-state index contributed by atoms with van der Waals surface area (Å²) in [6.07, 6.45) is 5.47. The lowest BCUT2D eigenvalue weighted by Crippen LogP contribution is -2.48. The van der Waals surface area contributed by atoms with E-state index in [1.54, 1.807) is 0 Å². The van der Waals surface area contributed by atoms with Crippen molar-refractivity contribution in [2.75, 3.05) is 0 Å². The van der Waals surface area contributed by atoms with E-state index in [-0.39, 0.29) is 47.7 Å². The highest BCUT2D eigenvalue weighted by Gasteiger charge is 2.68. The molecule has 6 heteroatoms. The second-order valence-corrected chi connectivity index (χ2v) is 9.28. The van der Waals surface area contributed by atoms with Gasteiger partial charge in [0, 0.05) is 6.42 Å². The first-order valence-corrected chi connectivity index (χ1v) is 11.1. The summed E-state index contributed by atoms with van der Waals surface area (Å²) >= 11 is 0. The maximum atomic E-state index is 13.6. The van der Waals surface area contributed by atoms with E-state index in [4.69, 9.17) is 4.74 Å². The minimum absolute atomic E-state index is 0.0851. The van der Waals surface area contributed by atoms with Crippen molar-refractivity contribution in [3.63, 3.8) is 0 Å². The molecule has 2 bridgehead atoms. The number of ether oxygens (including phenoxy) is 1. The Morgan fingerprint density at radius 3 is 2.12 bits per heavy atom. The normalized spacial score (nSPS) is 32.5. The minimum Gasteiger partial charge on any atom is -0.425 e. The Balaban J connectivity index is 1.33. The molecular formula is C26H22FNO4. The van der Waals surface area contributed by atoms with Crippen LogP contribution in [0.25, 0.3) is 0 Å². The van der Waals surface area contributed by atoms with Crippen LogP contribution in [0.3, 0.4) is 0 Å². The van der Waals surface area contributed by atoms with Gasteiger partial charge in [-0.3, -0.25) is 14.5 Å². The number of benzene rings is 2. The lowest BCUT2D eigenvalue weighted by Gasteiger charge is -2.37. The predicted octanol–water partition coefficient (Wildman–Crippen LogP) is 3.40. The average Bonchev–Trinajstić information content (AvgIpc) is 3.58. The Kier molecular flexibility index (Phi) is 4.32. The molecule has 5 nitrogen and oxygen atoms in total. The van der Waals surface area contributed by atoms with E-state index in [1.807, 2.05) is 30.3 Å². The molecular weight excluding hydrogens is 409 g/mol. The summed E-state index contributed by atoms with van der Waals surface area (Å²) in [5, 5.41) is 0. The topological polar surface area (TPSA) is 63.7 Å². The summed E-state index contributed by atoms with van der Waals surface area (Å²) in [5.41, 5.74) is 0.827. The maximum Gasteiger partial charge on any atom is 0.335 e. The number of amides is 2. The second kappa shape index (κ2) is 7.12. The Labute approximate surface area is 184 Å². The monoisotopic (exact) mass is 431 g/mol. The van der Waals surface area contributed by atoms with Crippen LogP contribution >= 0.6 is 0 Å². The van der Waals surface area contributed by atoms with Gasteiger partial charge in [0.1, 0.15) is 17.6 Å². The van der Waals surface area contributed by atoms with E-state index in [2.05, 4.69) is 12.2 Å². The first kappa shape index (κ1) is 19.4. The van der Waals surface area contributed by atoms with Crippen molar-refractivity contribution in [1.82, 2.24) is 4.90 Å². The standard InChI is InChI=1S/C26H22FNO4/c27-15-6-8-16(9-7-15)32-26(31)21(12-14-4-2-1-3-5-14)28-24(29)22-17-10-11-18(20-13-19(17)20)23(22)25(28)30/h1-11,17-23H,12-13H2/t17-,18-,19-,20-,21-,22+,23+/m0/s1. The molecule has 0 spiro atoms. The van der Waals surface area contributed by atoms with Gasteiger partial charge in [0.15, 0.2) is 0 Å². The number of carbonyl (C=O) groups excluding carboxylic acids is 3. The van der Waals surface area contributed by atoms with Crippen LogP contribution in [0.2, 0.25) is 0 Å². The summed E-state index contributed by atoms with van der Waals surface area (Å²) in [6, 6.07) is 13.3. The number of esters is 1. The van der Waals surface area contributed by atoms with Crippen LogP contribution < -0.4 is 4.74 Å².